The second-order valence-electron chi connectivity index (χ2n) is 13.7. The van der Waals surface area contributed by atoms with Gasteiger partial charge in [-0.05, 0) is 6.07 Å². The summed E-state index contributed by atoms with van der Waals surface area (Å²) < 4.78 is 296. The second kappa shape index (κ2) is 18.4. The van der Waals surface area contributed by atoms with Gasteiger partial charge in [-0.2, -0.15) is 0 Å². The van der Waals surface area contributed by atoms with Gasteiger partial charge < -0.3 is 0 Å². The van der Waals surface area contributed by atoms with Gasteiger partial charge in [0.05, 0.1) is 0 Å². The average molecular weight is 953 g/mol. The molecular formula is C43H16BF20NO. The molecule has 0 N–H and O–H groups in total. The van der Waals surface area contributed by atoms with Crippen LogP contribution in [0.25, 0.3) is 0 Å². The third kappa shape index (κ3) is 7.78. The lowest BCUT2D eigenvalue weighted by Gasteiger charge is -2.44. The van der Waals surface area contributed by atoms with Crippen molar-refractivity contribution >= 4 is 33.8 Å². The third-order valence-corrected chi connectivity index (χ3v) is 10.1. The van der Waals surface area contributed by atoms with Crippen molar-refractivity contribution in [2.75, 3.05) is 0 Å². The molecule has 0 fully saturated rings. The molecule has 0 spiro atoms. The van der Waals surface area contributed by atoms with Gasteiger partial charge in [-0.3, -0.25) is 4.79 Å². The van der Waals surface area contributed by atoms with E-state index in [9.17, 15) is 57.5 Å². The van der Waals surface area contributed by atoms with Crippen molar-refractivity contribution in [2.45, 2.75) is 6.54 Å². The number of nitrogens with zero attached hydrogens (tertiary/aromatic N) is 1. The molecule has 0 saturated heterocycles. The Kier molecular flexibility index (Phi) is 13.4. The minimum atomic E-state index is -7.22. The Hall–Kier alpha value is -7.20. The van der Waals surface area contributed by atoms with Crippen molar-refractivity contribution in [2.24, 2.45) is 0 Å². The quantitative estimate of drug-likeness (QED) is 0.0372. The SMILES string of the molecule is Fc1c(F)c(F)c([B-](c2c(F)c(F)c(F)c(F)c2F)(c2c(F)c(F)c(F)c(F)c2F)c2c(F)c(F)c(F)c(F)c2F)c(F)c1F.O=C(c1ccccc1)c1cccc(C[n+]2ccccc2)c1. The minimum Gasteiger partial charge on any atom is -0.289 e. The van der Waals surface area contributed by atoms with E-state index in [-0.39, 0.29) is 5.78 Å². The highest BCUT2D eigenvalue weighted by Crippen LogP contribution is 2.31. The van der Waals surface area contributed by atoms with Crippen LogP contribution < -0.4 is 26.4 Å². The first-order chi connectivity index (χ1) is 31.0. The Morgan fingerprint density at radius 3 is 0.924 bits per heavy atom. The molecule has 0 saturated carbocycles. The van der Waals surface area contributed by atoms with Crippen LogP contribution in [0, 0.1) is 116 Å². The molecule has 0 aliphatic carbocycles. The van der Waals surface area contributed by atoms with E-state index < -0.39 is 144 Å². The van der Waals surface area contributed by atoms with Gasteiger partial charge in [-0.1, -0.05) is 54.6 Å². The van der Waals surface area contributed by atoms with Gasteiger partial charge >= 0.3 is 0 Å². The topological polar surface area (TPSA) is 20.9 Å². The molecule has 7 rings (SSSR count). The molecule has 7 aromatic rings. The number of carbonyl (C=O) groups excluding carboxylic acids is 1. The predicted octanol–water partition coefficient (Wildman–Crippen LogP) is 9.10. The fourth-order valence-corrected chi connectivity index (χ4v) is 7.19. The predicted molar refractivity (Wildman–Crippen MR) is 191 cm³/mol. The van der Waals surface area contributed by atoms with Crippen LogP contribution in [-0.4, -0.2) is 11.9 Å². The number of ketones is 1. The number of rotatable bonds is 8. The maximum Gasteiger partial charge on any atom is 0.200 e. The minimum absolute atomic E-state index is 0.0653. The zero-order valence-corrected chi connectivity index (χ0v) is 31.8. The number of hydrogen-bond acceptors (Lipinski definition) is 1. The van der Waals surface area contributed by atoms with Crippen molar-refractivity contribution in [1.82, 2.24) is 0 Å². The zero-order chi connectivity index (χ0) is 48.8. The highest BCUT2D eigenvalue weighted by atomic mass is 19.2. The lowest BCUT2D eigenvalue weighted by molar-refractivity contribution is -0.688. The van der Waals surface area contributed by atoms with Crippen molar-refractivity contribution in [1.29, 1.82) is 0 Å². The monoisotopic (exact) mass is 953 g/mol. The lowest BCUT2D eigenvalue weighted by Crippen LogP contribution is -2.81. The van der Waals surface area contributed by atoms with E-state index in [2.05, 4.69) is 4.57 Å². The van der Waals surface area contributed by atoms with Crippen molar-refractivity contribution in [3.05, 3.63) is 218 Å². The highest BCUT2D eigenvalue weighted by Gasteiger charge is 2.52. The molecule has 0 aliphatic heterocycles. The van der Waals surface area contributed by atoms with Crippen LogP contribution in [0.5, 0.6) is 0 Å². The fourth-order valence-electron chi connectivity index (χ4n) is 7.19. The molecule has 0 radical (unpaired) electrons. The standard InChI is InChI=1S/C24BF20.C19H16NO/c26-5-1(6(27)14(35)21(42)13(5)34)25(2-7(28)15(36)22(43)16(37)8(2)29,3-9(30)17(38)23(44)18(39)10(3)31)4-11(32)19(40)24(45)20(41)12(4)33;21-19(17-9-3-1-4-10-17)18-11-7-8-16(14-18)15-20-12-5-2-6-13-20/h;1-14H,15H2/q-1;+1. The summed E-state index contributed by atoms with van der Waals surface area (Å²) in [4.78, 5) is 12.4. The molecule has 66 heavy (non-hydrogen) atoms. The summed E-state index contributed by atoms with van der Waals surface area (Å²) >= 11 is 0. The summed E-state index contributed by atoms with van der Waals surface area (Å²) in [6.45, 7) is 0.761. The van der Waals surface area contributed by atoms with Crippen molar-refractivity contribution < 1.29 is 97.2 Å². The summed E-state index contributed by atoms with van der Waals surface area (Å²) in [5.74, 6) is -71.3. The van der Waals surface area contributed by atoms with Gasteiger partial charge in [-0.25, -0.2) is 92.4 Å². The molecule has 0 aliphatic rings. The zero-order valence-electron chi connectivity index (χ0n) is 31.8. The first-order valence-electron chi connectivity index (χ1n) is 17.9. The van der Waals surface area contributed by atoms with Crippen molar-refractivity contribution in [3.63, 3.8) is 0 Å². The molecule has 0 atom stereocenters. The molecule has 1 aromatic heterocycles. The van der Waals surface area contributed by atoms with E-state index in [0.29, 0.717) is 0 Å². The Balaban J connectivity index is 0.000000284. The highest BCUT2D eigenvalue weighted by molar-refractivity contribution is 7.20. The van der Waals surface area contributed by atoms with Crippen LogP contribution in [0.15, 0.2) is 85.2 Å². The molecule has 0 unspecified atom stereocenters. The fraction of sp³-hybridized carbons (Fsp3) is 0.0233. The second-order valence-corrected chi connectivity index (χ2v) is 13.7. The first kappa shape index (κ1) is 48.3. The average Bonchev–Trinajstić information content (AvgIpc) is 3.32. The van der Waals surface area contributed by atoms with Crippen LogP contribution in [0.3, 0.4) is 0 Å². The number of hydrogen-bond donors (Lipinski definition) is 0. The van der Waals surface area contributed by atoms with E-state index in [4.69, 9.17) is 0 Å². The Bertz CT molecular complexity index is 2700. The van der Waals surface area contributed by atoms with Crippen LogP contribution in [0.1, 0.15) is 21.5 Å². The summed E-state index contributed by atoms with van der Waals surface area (Å²) in [5, 5.41) is 0. The molecule has 2 nitrogen and oxygen atoms in total. The number of pyridine rings is 1. The van der Waals surface area contributed by atoms with Gasteiger partial charge in [0.1, 0.15) is 52.7 Å². The lowest BCUT2D eigenvalue weighted by atomic mass is 9.12. The summed E-state index contributed by atoms with van der Waals surface area (Å²) in [7, 11) is 0. The Morgan fingerprint density at radius 2 is 0.606 bits per heavy atom. The maximum absolute atomic E-state index is 15.4. The van der Waals surface area contributed by atoms with Crippen LogP contribution in [0.2, 0.25) is 0 Å². The number of carbonyl (C=O) groups is 1. The van der Waals surface area contributed by atoms with Gasteiger partial charge in [-0.15, -0.1) is 21.9 Å². The molecule has 6 aromatic carbocycles. The molecule has 1 heterocycles. The van der Waals surface area contributed by atoms with Gasteiger partial charge in [0, 0.05) is 28.8 Å². The summed E-state index contributed by atoms with van der Waals surface area (Å²) in [6, 6.07) is 23.2. The molecule has 342 valence electrons. The Labute approximate surface area is 355 Å². The smallest absolute Gasteiger partial charge is 0.200 e. The summed E-state index contributed by atoms with van der Waals surface area (Å²) in [6.07, 6.45) is -3.18. The van der Waals surface area contributed by atoms with E-state index in [0.717, 1.165) is 23.2 Å². The van der Waals surface area contributed by atoms with Gasteiger partial charge in [0.25, 0.3) is 0 Å². The molecular weight excluding hydrogens is 937 g/mol. The molecule has 0 amide bonds. The molecule has 23 heteroatoms. The maximum atomic E-state index is 15.4. The van der Waals surface area contributed by atoms with Crippen molar-refractivity contribution in [3.8, 4) is 0 Å². The van der Waals surface area contributed by atoms with Crippen LogP contribution in [-0.2, 0) is 6.54 Å². The third-order valence-electron chi connectivity index (χ3n) is 10.1. The van der Waals surface area contributed by atoms with E-state index in [1.807, 2.05) is 85.2 Å². The van der Waals surface area contributed by atoms with Gasteiger partial charge in [0.2, 0.25) is 0 Å². The first-order valence-corrected chi connectivity index (χ1v) is 17.9. The van der Waals surface area contributed by atoms with Crippen LogP contribution >= 0.6 is 0 Å². The van der Waals surface area contributed by atoms with E-state index >= 15 is 35.1 Å². The van der Waals surface area contributed by atoms with E-state index in [1.165, 1.54) is 0 Å². The number of aromatic nitrogens is 1. The largest absolute Gasteiger partial charge is 0.289 e. The summed E-state index contributed by atoms with van der Waals surface area (Å²) in [5.41, 5.74) is -11.8. The Morgan fingerprint density at radius 1 is 0.333 bits per heavy atom. The van der Waals surface area contributed by atoms with Gasteiger partial charge in [0.15, 0.2) is 94.5 Å². The number of benzene rings is 6. The normalized spacial score (nSPS) is 11.5. The van der Waals surface area contributed by atoms with Crippen LogP contribution in [0.4, 0.5) is 87.8 Å². The molecule has 0 bridgehead atoms. The number of halogens is 20. The van der Waals surface area contributed by atoms with E-state index in [1.54, 1.807) is 0 Å².